The standard InChI is InChI=1S/C20H20N2S/c21-18-15-11-10-12-6-4-5-7-13(12)19(15)22-20-17(18)14-8-2-1-3-9-16(14)23-20/h4-7H,1-3,8-11H2,(H2,21,22). The van der Waals surface area contributed by atoms with Crippen LogP contribution in [-0.4, -0.2) is 4.98 Å². The monoisotopic (exact) mass is 320 g/mol. The van der Waals surface area contributed by atoms with Gasteiger partial charge in [0.1, 0.15) is 4.83 Å². The molecule has 0 aliphatic heterocycles. The first-order chi connectivity index (χ1) is 11.3. The summed E-state index contributed by atoms with van der Waals surface area (Å²) < 4.78 is 0. The molecule has 2 nitrogen and oxygen atoms in total. The molecular weight excluding hydrogens is 300 g/mol. The van der Waals surface area contributed by atoms with Crippen molar-refractivity contribution in [2.45, 2.75) is 44.9 Å². The Labute approximate surface area is 140 Å². The van der Waals surface area contributed by atoms with Crippen LogP contribution in [-0.2, 0) is 25.7 Å². The van der Waals surface area contributed by atoms with Crippen LogP contribution in [0.15, 0.2) is 24.3 Å². The fraction of sp³-hybridized carbons (Fsp3) is 0.350. The molecule has 0 saturated carbocycles. The van der Waals surface area contributed by atoms with Crippen molar-refractivity contribution in [2.75, 3.05) is 5.73 Å². The Bertz CT molecular complexity index is 923. The van der Waals surface area contributed by atoms with Crippen LogP contribution < -0.4 is 5.73 Å². The Morgan fingerprint density at radius 3 is 2.74 bits per heavy atom. The maximum atomic E-state index is 6.68. The largest absolute Gasteiger partial charge is 0.398 e. The first-order valence-electron chi connectivity index (χ1n) is 8.64. The van der Waals surface area contributed by atoms with Gasteiger partial charge in [-0.25, -0.2) is 4.98 Å². The van der Waals surface area contributed by atoms with Gasteiger partial charge in [0, 0.05) is 27.1 Å². The number of hydrogen-bond donors (Lipinski definition) is 1. The normalized spacial score (nSPS) is 16.5. The number of nitrogen functional groups attached to an aromatic ring is 1. The van der Waals surface area contributed by atoms with E-state index in [0.29, 0.717) is 0 Å². The highest BCUT2D eigenvalue weighted by atomic mass is 32.1. The minimum absolute atomic E-state index is 1.01. The molecule has 23 heavy (non-hydrogen) atoms. The smallest absolute Gasteiger partial charge is 0.126 e. The minimum atomic E-state index is 1.01. The topological polar surface area (TPSA) is 38.9 Å². The van der Waals surface area contributed by atoms with E-state index in [1.807, 2.05) is 11.3 Å². The van der Waals surface area contributed by atoms with Gasteiger partial charge in [-0.15, -0.1) is 11.3 Å². The predicted molar refractivity (Wildman–Crippen MR) is 98.1 cm³/mol. The summed E-state index contributed by atoms with van der Waals surface area (Å²) in [4.78, 5) is 7.78. The van der Waals surface area contributed by atoms with E-state index in [4.69, 9.17) is 10.7 Å². The number of rotatable bonds is 0. The summed E-state index contributed by atoms with van der Waals surface area (Å²) >= 11 is 1.88. The molecule has 0 amide bonds. The minimum Gasteiger partial charge on any atom is -0.398 e. The highest BCUT2D eigenvalue weighted by molar-refractivity contribution is 7.19. The van der Waals surface area contributed by atoms with Crippen molar-refractivity contribution in [3.05, 3.63) is 45.8 Å². The zero-order valence-electron chi connectivity index (χ0n) is 13.2. The van der Waals surface area contributed by atoms with Crippen LogP contribution in [0.5, 0.6) is 0 Å². The number of aryl methyl sites for hydroxylation is 3. The summed E-state index contributed by atoms with van der Waals surface area (Å²) in [6.45, 7) is 0. The van der Waals surface area contributed by atoms with Crippen LogP contribution in [0.3, 0.4) is 0 Å². The first-order valence-corrected chi connectivity index (χ1v) is 9.45. The molecule has 116 valence electrons. The third kappa shape index (κ3) is 1.96. The lowest BCUT2D eigenvalue weighted by Gasteiger charge is -2.21. The van der Waals surface area contributed by atoms with Crippen molar-refractivity contribution in [3.8, 4) is 11.3 Å². The van der Waals surface area contributed by atoms with E-state index in [0.717, 1.165) is 29.1 Å². The van der Waals surface area contributed by atoms with Crippen LogP contribution in [0, 0.1) is 0 Å². The molecule has 0 saturated heterocycles. The fourth-order valence-corrected chi connectivity index (χ4v) is 5.52. The molecular formula is C20H20N2S. The lowest BCUT2D eigenvalue weighted by molar-refractivity contribution is 0.713. The summed E-state index contributed by atoms with van der Waals surface area (Å²) in [6, 6.07) is 8.66. The number of aromatic nitrogens is 1. The quantitative estimate of drug-likeness (QED) is 0.598. The summed E-state index contributed by atoms with van der Waals surface area (Å²) in [5, 5.41) is 1.28. The molecule has 0 unspecified atom stereocenters. The van der Waals surface area contributed by atoms with Crippen molar-refractivity contribution < 1.29 is 0 Å². The second-order valence-corrected chi connectivity index (χ2v) is 7.84. The lowest BCUT2D eigenvalue weighted by atomic mass is 9.87. The highest BCUT2D eigenvalue weighted by Gasteiger charge is 2.25. The van der Waals surface area contributed by atoms with Gasteiger partial charge < -0.3 is 5.73 Å². The number of nitrogens with two attached hydrogens (primary N) is 1. The number of nitrogens with zero attached hydrogens (tertiary/aromatic N) is 1. The van der Waals surface area contributed by atoms with Crippen molar-refractivity contribution >= 4 is 27.2 Å². The van der Waals surface area contributed by atoms with Gasteiger partial charge in [0.25, 0.3) is 0 Å². The predicted octanol–water partition coefficient (Wildman–Crippen LogP) is 4.91. The Kier molecular flexibility index (Phi) is 2.99. The Balaban J connectivity index is 1.81. The first kappa shape index (κ1) is 13.6. The van der Waals surface area contributed by atoms with Crippen LogP contribution in [0.25, 0.3) is 21.5 Å². The van der Waals surface area contributed by atoms with Gasteiger partial charge in [-0.05, 0) is 49.7 Å². The molecule has 3 aromatic rings. The molecule has 0 atom stereocenters. The SMILES string of the molecule is Nc1c2c(nc3sc4c(c13)CCCCC4)-c1ccccc1CC2. The zero-order valence-corrected chi connectivity index (χ0v) is 14.0. The van der Waals surface area contributed by atoms with Crippen molar-refractivity contribution in [1.29, 1.82) is 0 Å². The molecule has 0 fully saturated rings. The van der Waals surface area contributed by atoms with Gasteiger partial charge in [-0.3, -0.25) is 0 Å². The molecule has 2 aliphatic carbocycles. The average Bonchev–Trinajstić information content (AvgIpc) is 2.77. The van der Waals surface area contributed by atoms with E-state index in [1.165, 1.54) is 64.6 Å². The van der Waals surface area contributed by atoms with Gasteiger partial charge in [0.2, 0.25) is 0 Å². The summed E-state index contributed by atoms with van der Waals surface area (Å²) in [5.41, 5.74) is 14.3. The van der Waals surface area contributed by atoms with E-state index in [-0.39, 0.29) is 0 Å². The Morgan fingerprint density at radius 2 is 1.78 bits per heavy atom. The molecule has 2 aliphatic rings. The lowest BCUT2D eigenvalue weighted by Crippen LogP contribution is -2.09. The Hall–Kier alpha value is -1.87. The van der Waals surface area contributed by atoms with E-state index in [1.54, 1.807) is 0 Å². The maximum absolute atomic E-state index is 6.68. The van der Waals surface area contributed by atoms with E-state index < -0.39 is 0 Å². The van der Waals surface area contributed by atoms with E-state index in [9.17, 15) is 0 Å². The van der Waals surface area contributed by atoms with Crippen LogP contribution in [0.4, 0.5) is 5.69 Å². The van der Waals surface area contributed by atoms with Gasteiger partial charge in [0.05, 0.1) is 5.69 Å². The van der Waals surface area contributed by atoms with Crippen LogP contribution >= 0.6 is 11.3 Å². The maximum Gasteiger partial charge on any atom is 0.126 e. The molecule has 2 heterocycles. The molecule has 5 rings (SSSR count). The number of anilines is 1. The molecule has 1 aromatic carbocycles. The van der Waals surface area contributed by atoms with Crippen molar-refractivity contribution in [3.63, 3.8) is 0 Å². The number of hydrogen-bond acceptors (Lipinski definition) is 3. The van der Waals surface area contributed by atoms with Gasteiger partial charge in [-0.1, -0.05) is 30.7 Å². The molecule has 0 radical (unpaired) electrons. The van der Waals surface area contributed by atoms with Crippen LogP contribution in [0.2, 0.25) is 0 Å². The van der Waals surface area contributed by atoms with Crippen LogP contribution in [0.1, 0.15) is 40.8 Å². The average molecular weight is 320 g/mol. The van der Waals surface area contributed by atoms with E-state index in [2.05, 4.69) is 24.3 Å². The number of benzene rings is 1. The number of thiophene rings is 1. The zero-order chi connectivity index (χ0) is 15.4. The Morgan fingerprint density at radius 1 is 0.913 bits per heavy atom. The molecule has 0 spiro atoms. The number of fused-ring (bicyclic) bond motifs is 6. The summed E-state index contributed by atoms with van der Waals surface area (Å²) in [6.07, 6.45) is 8.42. The van der Waals surface area contributed by atoms with Gasteiger partial charge in [-0.2, -0.15) is 0 Å². The summed E-state index contributed by atoms with van der Waals surface area (Å²) in [7, 11) is 0. The third-order valence-corrected chi connectivity index (χ3v) is 6.60. The highest BCUT2D eigenvalue weighted by Crippen LogP contribution is 2.44. The van der Waals surface area contributed by atoms with Gasteiger partial charge in [0.15, 0.2) is 0 Å². The number of pyridine rings is 1. The molecule has 2 aromatic heterocycles. The fourth-order valence-electron chi connectivity index (χ4n) is 4.24. The van der Waals surface area contributed by atoms with Crippen molar-refractivity contribution in [1.82, 2.24) is 4.98 Å². The second-order valence-electron chi connectivity index (χ2n) is 6.75. The second kappa shape index (κ2) is 5.07. The molecule has 3 heteroatoms. The molecule has 2 N–H and O–H groups in total. The summed E-state index contributed by atoms with van der Waals surface area (Å²) in [5.74, 6) is 0. The third-order valence-electron chi connectivity index (χ3n) is 5.41. The molecule has 0 bridgehead atoms. The van der Waals surface area contributed by atoms with E-state index >= 15 is 0 Å². The van der Waals surface area contributed by atoms with Crippen molar-refractivity contribution in [2.24, 2.45) is 0 Å². The van der Waals surface area contributed by atoms with Gasteiger partial charge >= 0.3 is 0 Å².